The van der Waals surface area contributed by atoms with E-state index in [4.69, 9.17) is 4.74 Å². The Hall–Kier alpha value is -1.68. The molecule has 0 saturated heterocycles. The van der Waals surface area contributed by atoms with E-state index in [9.17, 15) is 5.11 Å². The van der Waals surface area contributed by atoms with E-state index in [-0.39, 0.29) is 11.9 Å². The number of nitrogens with zero attached hydrogens (tertiary/aromatic N) is 1. The summed E-state index contributed by atoms with van der Waals surface area (Å²) < 4.78 is 5.70. The summed E-state index contributed by atoms with van der Waals surface area (Å²) in [7, 11) is 0. The summed E-state index contributed by atoms with van der Waals surface area (Å²) in [6.45, 7) is 3.96. The molecule has 0 bridgehead atoms. The molecule has 0 spiro atoms. The lowest BCUT2D eigenvalue weighted by molar-refractivity contribution is 0.234. The Kier molecular flexibility index (Phi) is 4.10. The van der Waals surface area contributed by atoms with Crippen LogP contribution in [0.2, 0.25) is 0 Å². The average molecular weight is 261 g/mol. The molecule has 3 nitrogen and oxygen atoms in total. The van der Waals surface area contributed by atoms with Crippen molar-refractivity contribution < 1.29 is 9.84 Å². The highest BCUT2D eigenvalue weighted by atomic mass is 32.2. The number of hydrogen-bond acceptors (Lipinski definition) is 4. The first kappa shape index (κ1) is 12.8. The molecule has 0 aliphatic heterocycles. The highest BCUT2D eigenvalue weighted by Crippen LogP contribution is 2.34. The first-order valence-electron chi connectivity index (χ1n) is 5.73. The molecule has 0 aliphatic rings. The minimum absolute atomic E-state index is 0.109. The van der Waals surface area contributed by atoms with Crippen LogP contribution in [0.15, 0.2) is 52.5 Å². The molecule has 1 aromatic carbocycles. The number of rotatable bonds is 4. The van der Waals surface area contributed by atoms with Crippen LogP contribution in [0.5, 0.6) is 11.5 Å². The molecule has 0 atom stereocenters. The highest BCUT2D eigenvalue weighted by Gasteiger charge is 2.08. The fraction of sp³-hybridized carbons (Fsp3) is 0.214. The topological polar surface area (TPSA) is 42.4 Å². The quantitative estimate of drug-likeness (QED) is 0.910. The maximum absolute atomic E-state index is 9.44. The van der Waals surface area contributed by atoms with Gasteiger partial charge in [-0.25, -0.2) is 4.98 Å². The third kappa shape index (κ3) is 3.40. The van der Waals surface area contributed by atoms with Gasteiger partial charge in [0.25, 0.3) is 0 Å². The zero-order valence-electron chi connectivity index (χ0n) is 10.3. The molecule has 1 aromatic heterocycles. The second-order valence-electron chi connectivity index (χ2n) is 4.07. The number of aromatic nitrogens is 1. The first-order valence-corrected chi connectivity index (χ1v) is 6.55. The van der Waals surface area contributed by atoms with Crippen LogP contribution in [-0.2, 0) is 0 Å². The predicted molar refractivity (Wildman–Crippen MR) is 72.2 cm³/mol. The maximum Gasteiger partial charge on any atom is 0.152 e. The average Bonchev–Trinajstić information content (AvgIpc) is 2.31. The molecule has 18 heavy (non-hydrogen) atoms. The molecule has 0 amide bonds. The SMILES string of the molecule is CC(C)Oc1cccnc1Sc1cccc(O)c1. The third-order valence-corrected chi connectivity index (χ3v) is 3.12. The lowest BCUT2D eigenvalue weighted by Crippen LogP contribution is -2.06. The molecule has 4 heteroatoms. The first-order chi connectivity index (χ1) is 8.65. The van der Waals surface area contributed by atoms with Crippen LogP contribution >= 0.6 is 11.8 Å². The van der Waals surface area contributed by atoms with Gasteiger partial charge in [-0.05, 0) is 44.2 Å². The number of phenolic OH excluding ortho intramolecular Hbond substituents is 1. The van der Waals surface area contributed by atoms with Gasteiger partial charge in [0.15, 0.2) is 5.75 Å². The van der Waals surface area contributed by atoms with Crippen LogP contribution in [-0.4, -0.2) is 16.2 Å². The van der Waals surface area contributed by atoms with Gasteiger partial charge in [0.05, 0.1) is 6.10 Å². The molecule has 1 heterocycles. The fourth-order valence-corrected chi connectivity index (χ4v) is 2.33. The summed E-state index contributed by atoms with van der Waals surface area (Å²) in [6.07, 6.45) is 1.84. The smallest absolute Gasteiger partial charge is 0.152 e. The van der Waals surface area contributed by atoms with Crippen molar-refractivity contribution in [3.8, 4) is 11.5 Å². The number of hydrogen-bond donors (Lipinski definition) is 1. The minimum atomic E-state index is 0.109. The van der Waals surface area contributed by atoms with E-state index in [1.165, 1.54) is 11.8 Å². The molecule has 0 fully saturated rings. The maximum atomic E-state index is 9.44. The Labute approximate surface area is 111 Å². The molecule has 1 N–H and O–H groups in total. The van der Waals surface area contributed by atoms with E-state index >= 15 is 0 Å². The number of pyridine rings is 1. The number of aromatic hydroxyl groups is 1. The molecule has 2 rings (SSSR count). The Morgan fingerprint density at radius 1 is 1.22 bits per heavy atom. The second kappa shape index (κ2) is 5.78. The molecule has 0 unspecified atom stereocenters. The predicted octanol–water partition coefficient (Wildman–Crippen LogP) is 3.73. The molecular weight excluding hydrogens is 246 g/mol. The number of benzene rings is 1. The van der Waals surface area contributed by atoms with Gasteiger partial charge < -0.3 is 9.84 Å². The van der Waals surface area contributed by atoms with Crippen molar-refractivity contribution in [3.05, 3.63) is 42.6 Å². The number of ether oxygens (including phenoxy) is 1. The van der Waals surface area contributed by atoms with Crippen molar-refractivity contribution in [1.82, 2.24) is 4.98 Å². The summed E-state index contributed by atoms with van der Waals surface area (Å²) in [5, 5.41) is 10.2. The zero-order valence-corrected chi connectivity index (χ0v) is 11.1. The second-order valence-corrected chi connectivity index (χ2v) is 5.13. The third-order valence-electron chi connectivity index (χ3n) is 2.13. The Morgan fingerprint density at radius 2 is 2.06 bits per heavy atom. The van der Waals surface area contributed by atoms with Crippen molar-refractivity contribution >= 4 is 11.8 Å². The lowest BCUT2D eigenvalue weighted by Gasteiger charge is -2.12. The molecule has 2 aromatic rings. The van der Waals surface area contributed by atoms with Crippen LogP contribution in [0.1, 0.15) is 13.8 Å². The van der Waals surface area contributed by atoms with Crippen molar-refractivity contribution in [1.29, 1.82) is 0 Å². The lowest BCUT2D eigenvalue weighted by atomic mass is 10.3. The van der Waals surface area contributed by atoms with Gasteiger partial charge in [0, 0.05) is 11.1 Å². The summed E-state index contributed by atoms with van der Waals surface area (Å²) >= 11 is 1.47. The highest BCUT2D eigenvalue weighted by molar-refractivity contribution is 7.99. The van der Waals surface area contributed by atoms with E-state index in [1.807, 2.05) is 38.1 Å². The summed E-state index contributed by atoms with van der Waals surface area (Å²) in [6, 6.07) is 10.8. The largest absolute Gasteiger partial charge is 0.508 e. The van der Waals surface area contributed by atoms with Crippen LogP contribution in [0, 0.1) is 0 Å². The fourth-order valence-electron chi connectivity index (χ4n) is 1.45. The molecular formula is C14H15NO2S. The van der Waals surface area contributed by atoms with Crippen molar-refractivity contribution in [3.63, 3.8) is 0 Å². The number of phenols is 1. The Bertz CT molecular complexity index is 529. The van der Waals surface area contributed by atoms with Gasteiger partial charge in [0.2, 0.25) is 0 Å². The summed E-state index contributed by atoms with van der Waals surface area (Å²) in [5.41, 5.74) is 0. The van der Waals surface area contributed by atoms with Gasteiger partial charge in [-0.2, -0.15) is 0 Å². The van der Waals surface area contributed by atoms with Gasteiger partial charge in [0.1, 0.15) is 10.8 Å². The van der Waals surface area contributed by atoms with Crippen molar-refractivity contribution in [2.24, 2.45) is 0 Å². The molecule has 94 valence electrons. The van der Waals surface area contributed by atoms with Crippen LogP contribution in [0.3, 0.4) is 0 Å². The molecule has 0 radical (unpaired) electrons. The Morgan fingerprint density at radius 3 is 2.78 bits per heavy atom. The summed E-state index contributed by atoms with van der Waals surface area (Å²) in [4.78, 5) is 5.25. The van der Waals surface area contributed by atoms with Gasteiger partial charge in [-0.3, -0.25) is 0 Å². The van der Waals surface area contributed by atoms with Crippen molar-refractivity contribution in [2.45, 2.75) is 29.9 Å². The van der Waals surface area contributed by atoms with E-state index in [2.05, 4.69) is 4.98 Å². The molecule has 0 saturated carbocycles. The van der Waals surface area contributed by atoms with E-state index in [1.54, 1.807) is 18.3 Å². The van der Waals surface area contributed by atoms with Gasteiger partial charge in [-0.15, -0.1) is 0 Å². The minimum Gasteiger partial charge on any atom is -0.508 e. The molecule has 0 aliphatic carbocycles. The van der Waals surface area contributed by atoms with Crippen LogP contribution < -0.4 is 4.74 Å². The van der Waals surface area contributed by atoms with Crippen molar-refractivity contribution in [2.75, 3.05) is 0 Å². The standard InChI is InChI=1S/C14H15NO2S/c1-10(2)17-13-7-4-8-15-14(13)18-12-6-3-5-11(16)9-12/h3-10,16H,1-2H3. The Balaban J connectivity index is 2.23. The van der Waals surface area contributed by atoms with E-state index in [0.717, 1.165) is 15.7 Å². The van der Waals surface area contributed by atoms with E-state index in [0.29, 0.717) is 0 Å². The van der Waals surface area contributed by atoms with Crippen LogP contribution in [0.25, 0.3) is 0 Å². The van der Waals surface area contributed by atoms with E-state index < -0.39 is 0 Å². The zero-order chi connectivity index (χ0) is 13.0. The van der Waals surface area contributed by atoms with Gasteiger partial charge >= 0.3 is 0 Å². The van der Waals surface area contributed by atoms with Crippen LogP contribution in [0.4, 0.5) is 0 Å². The summed E-state index contributed by atoms with van der Waals surface area (Å²) in [5.74, 6) is 1.02. The normalized spacial score (nSPS) is 10.6. The monoisotopic (exact) mass is 261 g/mol. The van der Waals surface area contributed by atoms with Gasteiger partial charge in [-0.1, -0.05) is 17.8 Å².